The van der Waals surface area contributed by atoms with Gasteiger partial charge < -0.3 is 9.55 Å². The third-order valence-corrected chi connectivity index (χ3v) is 6.31. The molecule has 1 aliphatic rings. The lowest BCUT2D eigenvalue weighted by Gasteiger charge is -2.20. The van der Waals surface area contributed by atoms with Gasteiger partial charge in [0.15, 0.2) is 14.6 Å². The number of hydrogen-bond acceptors (Lipinski definition) is 3. The van der Waals surface area contributed by atoms with Crippen LogP contribution in [0.5, 0.6) is 0 Å². The van der Waals surface area contributed by atoms with Gasteiger partial charge in [-0.25, -0.2) is 8.42 Å². The number of imidazole rings is 1. The zero-order valence-corrected chi connectivity index (χ0v) is 14.1. The third-order valence-electron chi connectivity index (χ3n) is 4.87. The molecule has 1 aromatic carbocycles. The van der Waals surface area contributed by atoms with E-state index < -0.39 is 9.84 Å². The maximum atomic E-state index is 11.9. The fraction of sp³-hybridized carbons (Fsp3) is 0.533. The summed E-state index contributed by atoms with van der Waals surface area (Å²) < 4.78 is 26.6. The highest BCUT2D eigenvalue weighted by Crippen LogP contribution is 2.41. The summed E-state index contributed by atoms with van der Waals surface area (Å²) in [6.45, 7) is 4.52. The van der Waals surface area contributed by atoms with Gasteiger partial charge in [-0.3, -0.25) is 0 Å². The lowest BCUT2D eigenvalue weighted by molar-refractivity contribution is 0.356. The molecule has 0 saturated heterocycles. The minimum Gasteiger partial charge on any atom is -0.329 e. The standard InChI is InChI=1S/C15H20N2O2S2/c1-9-7-8-11(10(9)2)17-12-5-4-6-13(21(3,18)19)14(12)16-15(17)20/h4-6,9-11H,7-8H2,1-3H3,(H,16,20). The van der Waals surface area contributed by atoms with Crippen molar-refractivity contribution in [3.05, 3.63) is 23.0 Å². The lowest BCUT2D eigenvalue weighted by atomic mass is 9.97. The molecule has 2 aromatic rings. The molecule has 0 spiro atoms. The van der Waals surface area contributed by atoms with Crippen molar-refractivity contribution in [1.82, 2.24) is 9.55 Å². The van der Waals surface area contributed by atoms with Crippen molar-refractivity contribution in [3.63, 3.8) is 0 Å². The van der Waals surface area contributed by atoms with Crippen LogP contribution in [0.15, 0.2) is 23.1 Å². The van der Waals surface area contributed by atoms with Crippen molar-refractivity contribution in [2.45, 2.75) is 37.6 Å². The van der Waals surface area contributed by atoms with Crippen LogP contribution in [-0.4, -0.2) is 24.2 Å². The van der Waals surface area contributed by atoms with E-state index in [1.807, 2.05) is 6.07 Å². The summed E-state index contributed by atoms with van der Waals surface area (Å²) in [6, 6.07) is 5.72. The minimum absolute atomic E-state index is 0.323. The number of H-pyrrole nitrogens is 1. The molecular weight excluding hydrogens is 304 g/mol. The second-order valence-corrected chi connectivity index (χ2v) is 8.57. The smallest absolute Gasteiger partial charge is 0.178 e. The molecule has 6 heteroatoms. The molecule has 1 aromatic heterocycles. The van der Waals surface area contributed by atoms with Crippen LogP contribution in [0.1, 0.15) is 32.7 Å². The Labute approximate surface area is 130 Å². The first-order valence-corrected chi connectivity index (χ1v) is 9.54. The number of sulfone groups is 1. The maximum Gasteiger partial charge on any atom is 0.178 e. The molecule has 21 heavy (non-hydrogen) atoms. The van der Waals surface area contributed by atoms with E-state index in [9.17, 15) is 8.42 Å². The number of para-hydroxylation sites is 1. The maximum absolute atomic E-state index is 11.9. The fourth-order valence-electron chi connectivity index (χ4n) is 3.46. The average molecular weight is 324 g/mol. The summed E-state index contributed by atoms with van der Waals surface area (Å²) in [4.78, 5) is 3.44. The van der Waals surface area contributed by atoms with E-state index in [1.165, 1.54) is 12.7 Å². The lowest BCUT2D eigenvalue weighted by Crippen LogP contribution is -2.14. The quantitative estimate of drug-likeness (QED) is 0.857. The van der Waals surface area contributed by atoms with E-state index in [1.54, 1.807) is 12.1 Å². The highest BCUT2D eigenvalue weighted by molar-refractivity contribution is 7.91. The van der Waals surface area contributed by atoms with E-state index in [0.29, 0.717) is 33.1 Å². The van der Waals surface area contributed by atoms with Crippen LogP contribution in [0.25, 0.3) is 11.0 Å². The number of rotatable bonds is 2. The fourth-order valence-corrected chi connectivity index (χ4v) is 4.65. The molecule has 3 rings (SSSR count). The van der Waals surface area contributed by atoms with Crippen LogP contribution in [0, 0.1) is 16.6 Å². The van der Waals surface area contributed by atoms with Crippen LogP contribution in [0.4, 0.5) is 0 Å². The van der Waals surface area contributed by atoms with Gasteiger partial charge >= 0.3 is 0 Å². The van der Waals surface area contributed by atoms with Crippen molar-refractivity contribution in [3.8, 4) is 0 Å². The van der Waals surface area contributed by atoms with E-state index in [-0.39, 0.29) is 0 Å². The molecule has 0 radical (unpaired) electrons. The predicted molar refractivity (Wildman–Crippen MR) is 86.8 cm³/mol. The Balaban J connectivity index is 2.27. The van der Waals surface area contributed by atoms with Gasteiger partial charge in [0.1, 0.15) is 0 Å². The van der Waals surface area contributed by atoms with Crippen LogP contribution in [-0.2, 0) is 9.84 Å². The Hall–Kier alpha value is -1.14. The van der Waals surface area contributed by atoms with Gasteiger partial charge in [-0.05, 0) is 49.0 Å². The van der Waals surface area contributed by atoms with Gasteiger partial charge in [0.05, 0.1) is 15.9 Å². The first kappa shape index (κ1) is 14.8. The summed E-state index contributed by atoms with van der Waals surface area (Å²) in [5.74, 6) is 1.21. The van der Waals surface area contributed by atoms with Crippen molar-refractivity contribution < 1.29 is 8.42 Å². The number of benzene rings is 1. The zero-order chi connectivity index (χ0) is 15.4. The van der Waals surface area contributed by atoms with Gasteiger partial charge in [0.25, 0.3) is 0 Å². The van der Waals surface area contributed by atoms with Crippen LogP contribution in [0.3, 0.4) is 0 Å². The Morgan fingerprint density at radius 2 is 2.00 bits per heavy atom. The average Bonchev–Trinajstić information content (AvgIpc) is 2.88. The highest BCUT2D eigenvalue weighted by atomic mass is 32.2. The molecule has 0 amide bonds. The summed E-state index contributed by atoms with van der Waals surface area (Å²) in [5.41, 5.74) is 1.53. The van der Waals surface area contributed by atoms with Gasteiger partial charge in [-0.2, -0.15) is 0 Å². The molecule has 0 aliphatic heterocycles. The monoisotopic (exact) mass is 324 g/mol. The topological polar surface area (TPSA) is 54.9 Å². The van der Waals surface area contributed by atoms with E-state index in [0.717, 1.165) is 11.9 Å². The predicted octanol–water partition coefficient (Wildman–Crippen LogP) is 3.71. The van der Waals surface area contributed by atoms with Crippen molar-refractivity contribution in [2.24, 2.45) is 11.8 Å². The second kappa shape index (κ2) is 4.95. The number of nitrogens with one attached hydrogen (secondary N) is 1. The van der Waals surface area contributed by atoms with Crippen LogP contribution in [0.2, 0.25) is 0 Å². The molecule has 114 valence electrons. The summed E-state index contributed by atoms with van der Waals surface area (Å²) in [7, 11) is -3.27. The molecule has 3 unspecified atom stereocenters. The zero-order valence-electron chi connectivity index (χ0n) is 12.5. The van der Waals surface area contributed by atoms with Crippen LogP contribution < -0.4 is 0 Å². The number of fused-ring (bicyclic) bond motifs is 1. The van der Waals surface area contributed by atoms with Gasteiger partial charge in [0, 0.05) is 12.3 Å². The molecule has 1 N–H and O–H groups in total. The van der Waals surface area contributed by atoms with Gasteiger partial charge in [0.2, 0.25) is 0 Å². The first-order valence-electron chi connectivity index (χ1n) is 7.24. The normalized spacial score (nSPS) is 26.5. The first-order chi connectivity index (χ1) is 9.80. The van der Waals surface area contributed by atoms with Crippen molar-refractivity contribution >= 4 is 33.1 Å². The summed E-state index contributed by atoms with van der Waals surface area (Å²) >= 11 is 5.48. The minimum atomic E-state index is -3.27. The molecular formula is C15H20N2O2S2. The SMILES string of the molecule is CC1CCC(n2c(=S)[nH]c3c(S(C)(=O)=O)cccc32)C1C. The second-order valence-electron chi connectivity index (χ2n) is 6.20. The Morgan fingerprint density at radius 3 is 2.57 bits per heavy atom. The van der Waals surface area contributed by atoms with E-state index in [4.69, 9.17) is 12.2 Å². The van der Waals surface area contributed by atoms with Crippen molar-refractivity contribution in [2.75, 3.05) is 6.26 Å². The molecule has 1 aliphatic carbocycles. The Bertz CT molecular complexity index is 848. The molecule has 4 nitrogen and oxygen atoms in total. The molecule has 1 heterocycles. The number of nitrogens with zero attached hydrogens (tertiary/aromatic N) is 1. The van der Waals surface area contributed by atoms with E-state index >= 15 is 0 Å². The Kier molecular flexibility index (Phi) is 3.48. The number of aromatic nitrogens is 2. The summed E-state index contributed by atoms with van der Waals surface area (Å²) in [5, 5.41) is 0. The Morgan fingerprint density at radius 1 is 1.29 bits per heavy atom. The summed E-state index contributed by atoms with van der Waals surface area (Å²) in [6.07, 6.45) is 3.51. The molecule has 0 bridgehead atoms. The highest BCUT2D eigenvalue weighted by Gasteiger charge is 2.32. The largest absolute Gasteiger partial charge is 0.329 e. The van der Waals surface area contributed by atoms with Crippen molar-refractivity contribution in [1.29, 1.82) is 0 Å². The number of aromatic amines is 1. The van der Waals surface area contributed by atoms with Gasteiger partial charge in [-0.1, -0.05) is 19.9 Å². The number of hydrogen-bond donors (Lipinski definition) is 1. The molecule has 3 atom stereocenters. The van der Waals surface area contributed by atoms with Gasteiger partial charge in [-0.15, -0.1) is 0 Å². The van der Waals surface area contributed by atoms with E-state index in [2.05, 4.69) is 23.4 Å². The molecule has 1 fully saturated rings. The van der Waals surface area contributed by atoms with Crippen LogP contribution >= 0.6 is 12.2 Å². The third kappa shape index (κ3) is 2.34. The molecule has 1 saturated carbocycles.